The van der Waals surface area contributed by atoms with E-state index in [0.29, 0.717) is 25.7 Å². The van der Waals surface area contributed by atoms with E-state index in [0.717, 1.165) is 0 Å². The topological polar surface area (TPSA) is 124 Å². The Balaban J connectivity index is 1.36. The monoisotopic (exact) mass is 469 g/mol. The minimum Gasteiger partial charge on any atom is -0.448 e. The van der Waals surface area contributed by atoms with Crippen molar-refractivity contribution in [3.8, 4) is 0 Å². The molecule has 0 unspecified atom stereocenters. The second kappa shape index (κ2) is 6.37. The van der Waals surface area contributed by atoms with Gasteiger partial charge in [0.05, 0.1) is 10.8 Å². The summed E-state index contributed by atoms with van der Waals surface area (Å²) in [6, 6.07) is 4.86. The van der Waals surface area contributed by atoms with Crippen molar-refractivity contribution < 1.29 is 28.7 Å². The lowest BCUT2D eigenvalue weighted by Gasteiger charge is -2.35. The van der Waals surface area contributed by atoms with Crippen LogP contribution in [-0.2, 0) is 28.7 Å². The van der Waals surface area contributed by atoms with E-state index in [1.807, 2.05) is 41.5 Å². The maximum atomic E-state index is 13.3. The highest BCUT2D eigenvalue weighted by molar-refractivity contribution is 6.04. The van der Waals surface area contributed by atoms with Crippen molar-refractivity contribution in [2.75, 3.05) is 10.6 Å². The molecule has 5 rings (SSSR count). The van der Waals surface area contributed by atoms with E-state index in [9.17, 15) is 19.2 Å². The highest BCUT2D eigenvalue weighted by atomic mass is 16.6. The minimum absolute atomic E-state index is 0.223. The van der Waals surface area contributed by atoms with Crippen LogP contribution in [-0.4, -0.2) is 39.9 Å². The van der Waals surface area contributed by atoms with Crippen molar-refractivity contribution in [1.82, 2.24) is 4.98 Å². The van der Waals surface area contributed by atoms with Crippen molar-refractivity contribution in [3.63, 3.8) is 0 Å². The summed E-state index contributed by atoms with van der Waals surface area (Å²) in [6.07, 6.45) is 2.02. The van der Waals surface area contributed by atoms with Gasteiger partial charge in [0.1, 0.15) is 11.6 Å². The summed E-state index contributed by atoms with van der Waals surface area (Å²) in [5, 5.41) is 5.55. The number of nitrogens with zero attached hydrogens (tertiary/aromatic N) is 1. The standard InChI is InChI=1S/C25H31N3O6/c1-20(2)22(5)10-12-24(20,33-18(22)31)16(29)27-14-8-7-9-15(26-14)28-17(30)25-13-11-23(6,19(32)34-25)21(25,3)4/h7-9H,10-13H2,1-6H3,(H2,26,27,28,29,30)/t22-,23-,24-,25+/m0/s1. The molecule has 0 aromatic carbocycles. The average molecular weight is 470 g/mol. The van der Waals surface area contributed by atoms with Crippen LogP contribution in [0.15, 0.2) is 18.2 Å². The minimum atomic E-state index is -1.27. The zero-order chi connectivity index (χ0) is 24.9. The fourth-order valence-corrected chi connectivity index (χ4v) is 6.50. The smallest absolute Gasteiger partial charge is 0.313 e. The predicted octanol–water partition coefficient (Wildman–Crippen LogP) is 3.20. The number of carbonyl (C=O) groups is 4. The van der Waals surface area contributed by atoms with Crippen molar-refractivity contribution in [3.05, 3.63) is 18.2 Å². The Kier molecular flexibility index (Phi) is 4.27. The molecule has 2 saturated heterocycles. The van der Waals surface area contributed by atoms with Gasteiger partial charge in [-0.05, 0) is 51.7 Å². The van der Waals surface area contributed by atoms with E-state index in [-0.39, 0.29) is 23.6 Å². The third kappa shape index (κ3) is 2.33. The van der Waals surface area contributed by atoms with E-state index < -0.39 is 44.7 Å². The van der Waals surface area contributed by atoms with Gasteiger partial charge in [0.2, 0.25) is 0 Å². The van der Waals surface area contributed by atoms with E-state index in [2.05, 4.69) is 15.6 Å². The first-order valence-electron chi connectivity index (χ1n) is 11.7. The van der Waals surface area contributed by atoms with Crippen LogP contribution in [0.25, 0.3) is 0 Å². The second-order valence-electron chi connectivity index (χ2n) is 11.7. The molecule has 4 aliphatic rings. The lowest BCUT2D eigenvalue weighted by atomic mass is 9.66. The molecule has 3 heterocycles. The summed E-state index contributed by atoms with van der Waals surface area (Å²) in [5.74, 6) is -1.13. The van der Waals surface area contributed by atoms with Gasteiger partial charge in [0.25, 0.3) is 11.8 Å². The number of amides is 2. The van der Waals surface area contributed by atoms with Gasteiger partial charge in [-0.1, -0.05) is 33.8 Å². The van der Waals surface area contributed by atoms with Crippen molar-refractivity contribution in [2.45, 2.75) is 78.4 Å². The van der Waals surface area contributed by atoms with E-state index >= 15 is 0 Å². The normalized spacial score (nSPS) is 38.4. The Morgan fingerprint density at radius 3 is 1.41 bits per heavy atom. The molecule has 0 spiro atoms. The second-order valence-corrected chi connectivity index (χ2v) is 11.7. The Morgan fingerprint density at radius 2 is 1.12 bits per heavy atom. The summed E-state index contributed by atoms with van der Waals surface area (Å²) >= 11 is 0. The Labute approximate surface area is 198 Å². The molecule has 1 aromatic rings. The van der Waals surface area contributed by atoms with Gasteiger partial charge >= 0.3 is 11.9 Å². The highest BCUT2D eigenvalue weighted by Gasteiger charge is 2.76. The quantitative estimate of drug-likeness (QED) is 0.649. The summed E-state index contributed by atoms with van der Waals surface area (Å²) in [6.45, 7) is 11.2. The molecule has 9 heteroatoms. The third-order valence-electron chi connectivity index (χ3n) is 10.1. The summed E-state index contributed by atoms with van der Waals surface area (Å²) in [7, 11) is 0. The number of ether oxygens (including phenoxy) is 2. The third-order valence-corrected chi connectivity index (χ3v) is 10.1. The van der Waals surface area contributed by atoms with Gasteiger partial charge in [0.15, 0.2) is 11.2 Å². The molecule has 1 aromatic heterocycles. The number of fused-ring (bicyclic) bond motifs is 4. The largest absolute Gasteiger partial charge is 0.448 e. The van der Waals surface area contributed by atoms with E-state index in [1.54, 1.807) is 18.2 Å². The van der Waals surface area contributed by atoms with Crippen molar-refractivity contribution >= 4 is 35.4 Å². The molecule has 2 aliphatic heterocycles. The van der Waals surface area contributed by atoms with E-state index in [1.165, 1.54) is 0 Å². The maximum Gasteiger partial charge on any atom is 0.313 e. The van der Waals surface area contributed by atoms with Gasteiger partial charge < -0.3 is 20.1 Å². The van der Waals surface area contributed by atoms with E-state index in [4.69, 9.17) is 9.47 Å². The van der Waals surface area contributed by atoms with Crippen LogP contribution in [0.4, 0.5) is 11.6 Å². The number of pyridine rings is 1. The molecule has 34 heavy (non-hydrogen) atoms. The number of carbonyl (C=O) groups excluding carboxylic acids is 4. The highest BCUT2D eigenvalue weighted by Crippen LogP contribution is 2.66. The molecule has 4 bridgehead atoms. The molecule has 2 saturated carbocycles. The summed E-state index contributed by atoms with van der Waals surface area (Å²) in [5.41, 5.74) is -5.33. The van der Waals surface area contributed by atoms with Crippen LogP contribution in [0.5, 0.6) is 0 Å². The zero-order valence-corrected chi connectivity index (χ0v) is 20.5. The number of hydrogen-bond donors (Lipinski definition) is 2. The first-order chi connectivity index (χ1) is 15.7. The van der Waals surface area contributed by atoms with Crippen molar-refractivity contribution in [2.24, 2.45) is 21.7 Å². The van der Waals surface area contributed by atoms with Crippen LogP contribution in [0.1, 0.15) is 67.2 Å². The van der Waals surface area contributed by atoms with Crippen LogP contribution >= 0.6 is 0 Å². The number of hydrogen-bond acceptors (Lipinski definition) is 7. The number of aromatic nitrogens is 1. The number of anilines is 2. The molecule has 0 radical (unpaired) electrons. The molecule has 9 nitrogen and oxygen atoms in total. The number of rotatable bonds is 4. The molecule has 4 fully saturated rings. The SMILES string of the molecule is CC1(C)[C@@]2(C)CC[C@@]1(C(=O)Nc1cccc(NC(=O)[C@@]34CC[C@@](C)(C(=O)O3)C4(C)C)n1)OC2=O. The fourth-order valence-electron chi connectivity index (χ4n) is 6.50. The Hall–Kier alpha value is -2.97. The predicted molar refractivity (Wildman–Crippen MR) is 121 cm³/mol. The van der Waals surface area contributed by atoms with Crippen LogP contribution < -0.4 is 10.6 Å². The van der Waals surface area contributed by atoms with Gasteiger partial charge in [-0.3, -0.25) is 19.2 Å². The molecular weight excluding hydrogens is 438 g/mol. The molecular formula is C25H31N3O6. The number of nitrogens with one attached hydrogen (secondary N) is 2. The molecule has 182 valence electrons. The molecule has 2 amide bonds. The van der Waals surface area contributed by atoms with Gasteiger partial charge in [-0.2, -0.15) is 0 Å². The zero-order valence-electron chi connectivity index (χ0n) is 20.5. The maximum absolute atomic E-state index is 13.3. The van der Waals surface area contributed by atoms with Gasteiger partial charge in [-0.15, -0.1) is 0 Å². The van der Waals surface area contributed by atoms with Crippen LogP contribution in [0.2, 0.25) is 0 Å². The molecule has 2 N–H and O–H groups in total. The lowest BCUT2D eigenvalue weighted by molar-refractivity contribution is -0.166. The van der Waals surface area contributed by atoms with Crippen LogP contribution in [0.3, 0.4) is 0 Å². The average Bonchev–Trinajstić information content (AvgIpc) is 3.22. The summed E-state index contributed by atoms with van der Waals surface area (Å²) in [4.78, 5) is 56.0. The fraction of sp³-hybridized carbons (Fsp3) is 0.640. The first-order valence-corrected chi connectivity index (χ1v) is 11.7. The van der Waals surface area contributed by atoms with Crippen molar-refractivity contribution in [1.29, 1.82) is 0 Å². The lowest BCUT2D eigenvalue weighted by Crippen LogP contribution is -2.51. The Bertz CT molecular complexity index is 1080. The van der Waals surface area contributed by atoms with Gasteiger partial charge in [0, 0.05) is 10.8 Å². The van der Waals surface area contributed by atoms with Gasteiger partial charge in [-0.25, -0.2) is 4.98 Å². The first kappa shape index (κ1) is 22.8. The molecule has 2 aliphatic carbocycles. The number of esters is 2. The summed E-state index contributed by atoms with van der Waals surface area (Å²) < 4.78 is 11.3. The Morgan fingerprint density at radius 1 is 0.735 bits per heavy atom. The van der Waals surface area contributed by atoms with Crippen LogP contribution in [0, 0.1) is 21.7 Å². The molecule has 4 atom stereocenters.